The molecule has 0 atom stereocenters. The van der Waals surface area contributed by atoms with Crippen LogP contribution in [-0.4, -0.2) is 31.6 Å². The van der Waals surface area contributed by atoms with E-state index < -0.39 is 21.7 Å². The Morgan fingerprint density at radius 3 is 1.28 bits per heavy atom. The zero-order valence-corrected chi connectivity index (χ0v) is 25.9. The van der Waals surface area contributed by atoms with Crippen LogP contribution in [0.1, 0.15) is 20.7 Å². The maximum Gasteiger partial charge on any atom is 0.292 e. The van der Waals surface area contributed by atoms with E-state index in [1.807, 2.05) is 60.7 Å². The molecule has 0 aliphatic carbocycles. The summed E-state index contributed by atoms with van der Waals surface area (Å²) in [7, 11) is 0. The topological polar surface area (TPSA) is 170 Å². The first kappa shape index (κ1) is 31.3. The van der Waals surface area contributed by atoms with Crippen molar-refractivity contribution in [2.75, 3.05) is 10.6 Å². The Morgan fingerprint density at radius 1 is 0.500 bits per heavy atom. The summed E-state index contributed by atoms with van der Waals surface area (Å²) in [5.74, 6) is -1.27. The zero-order valence-electron chi connectivity index (χ0n) is 25.9. The number of nitrogens with one attached hydrogen (secondary N) is 2. The normalized spacial score (nSPS) is 10.9. The number of carbonyl (C=O) groups is 2. The molecule has 2 aromatic heterocycles. The standard InChI is InChI=1S/C38H24N6O6/c45-37(41-29-15-7-9-17-35(29)43(47)48)27-20-31(23-11-3-1-4-12-23)39-33-22-34-26(19-25(27)33)28(21-32(40-34)24-13-5-2-6-14-24)38(46)42-30-16-8-10-18-36(30)44(49)50/h1-22H,(H,41,45)(H,42,46). The molecule has 7 rings (SSSR count). The van der Waals surface area contributed by atoms with Gasteiger partial charge in [0.2, 0.25) is 0 Å². The summed E-state index contributed by atoms with van der Waals surface area (Å²) >= 11 is 0. The number of benzene rings is 5. The van der Waals surface area contributed by atoms with Gasteiger partial charge in [-0.15, -0.1) is 0 Å². The van der Waals surface area contributed by atoms with Crippen LogP contribution in [0.2, 0.25) is 0 Å². The summed E-state index contributed by atoms with van der Waals surface area (Å²) in [6, 6.07) is 36.5. The molecule has 2 N–H and O–H groups in total. The first-order chi connectivity index (χ1) is 24.3. The van der Waals surface area contributed by atoms with Crippen LogP contribution in [-0.2, 0) is 0 Å². The maximum absolute atomic E-state index is 14.0. The number of amides is 2. The van der Waals surface area contributed by atoms with Gasteiger partial charge in [0.25, 0.3) is 23.2 Å². The van der Waals surface area contributed by atoms with Crippen molar-refractivity contribution in [3.05, 3.63) is 165 Å². The molecule has 0 spiro atoms. The number of nitro groups is 2. The van der Waals surface area contributed by atoms with E-state index in [-0.39, 0.29) is 33.9 Å². The first-order valence-corrected chi connectivity index (χ1v) is 15.3. The number of rotatable bonds is 8. The number of carbonyl (C=O) groups excluding carboxylic acids is 2. The highest BCUT2D eigenvalue weighted by atomic mass is 16.6. The van der Waals surface area contributed by atoms with Crippen molar-refractivity contribution in [1.29, 1.82) is 0 Å². The Kier molecular flexibility index (Phi) is 8.16. The first-order valence-electron chi connectivity index (χ1n) is 15.3. The van der Waals surface area contributed by atoms with Gasteiger partial charge in [0.15, 0.2) is 0 Å². The molecule has 12 heteroatoms. The van der Waals surface area contributed by atoms with Gasteiger partial charge >= 0.3 is 0 Å². The summed E-state index contributed by atoms with van der Waals surface area (Å²) in [5, 5.41) is 29.5. The van der Waals surface area contributed by atoms with E-state index in [0.717, 1.165) is 11.1 Å². The monoisotopic (exact) mass is 660 g/mol. The van der Waals surface area contributed by atoms with Gasteiger partial charge in [-0.25, -0.2) is 9.97 Å². The van der Waals surface area contributed by atoms with Crippen molar-refractivity contribution in [3.8, 4) is 22.5 Å². The molecule has 0 bridgehead atoms. The highest BCUT2D eigenvalue weighted by Crippen LogP contribution is 2.34. The third-order valence-corrected chi connectivity index (χ3v) is 8.06. The van der Waals surface area contributed by atoms with Crippen LogP contribution in [0.15, 0.2) is 133 Å². The molecule has 2 amide bonds. The molecule has 12 nitrogen and oxygen atoms in total. The van der Waals surface area contributed by atoms with Crippen molar-refractivity contribution in [2.24, 2.45) is 0 Å². The highest BCUT2D eigenvalue weighted by molar-refractivity contribution is 6.19. The molecule has 7 aromatic rings. The molecule has 0 saturated heterocycles. The molecular formula is C38H24N6O6. The fourth-order valence-electron chi connectivity index (χ4n) is 5.69. The van der Waals surface area contributed by atoms with E-state index in [4.69, 9.17) is 9.97 Å². The number of anilines is 2. The fraction of sp³-hybridized carbons (Fsp3) is 0. The molecule has 0 unspecified atom stereocenters. The van der Waals surface area contributed by atoms with Crippen molar-refractivity contribution < 1.29 is 19.4 Å². The van der Waals surface area contributed by atoms with E-state index in [1.165, 1.54) is 36.4 Å². The Balaban J connectivity index is 1.45. The number of hydrogen-bond acceptors (Lipinski definition) is 8. The van der Waals surface area contributed by atoms with E-state index in [1.54, 1.807) is 36.4 Å². The molecule has 0 aliphatic rings. The van der Waals surface area contributed by atoms with Gasteiger partial charge in [-0.2, -0.15) is 0 Å². The Morgan fingerprint density at radius 2 is 0.880 bits per heavy atom. The minimum atomic E-state index is -0.636. The number of para-hydroxylation sites is 4. The van der Waals surface area contributed by atoms with Crippen LogP contribution < -0.4 is 10.6 Å². The van der Waals surface area contributed by atoms with Crippen LogP contribution in [0.5, 0.6) is 0 Å². The van der Waals surface area contributed by atoms with Gasteiger partial charge in [0.1, 0.15) is 11.4 Å². The number of nitrogens with zero attached hydrogens (tertiary/aromatic N) is 4. The van der Waals surface area contributed by atoms with Gasteiger partial charge < -0.3 is 10.6 Å². The predicted octanol–water partition coefficient (Wildman–Crippen LogP) is 8.44. The fourth-order valence-corrected chi connectivity index (χ4v) is 5.69. The minimum Gasteiger partial charge on any atom is -0.316 e. The van der Waals surface area contributed by atoms with Crippen LogP contribution in [0.4, 0.5) is 22.7 Å². The summed E-state index contributed by atoms with van der Waals surface area (Å²) in [4.78, 5) is 60.0. The second-order valence-corrected chi connectivity index (χ2v) is 11.2. The van der Waals surface area contributed by atoms with Gasteiger partial charge in [-0.3, -0.25) is 29.8 Å². The Labute approximate surface area is 283 Å². The molecule has 242 valence electrons. The zero-order chi connectivity index (χ0) is 34.8. The molecule has 2 heterocycles. The number of nitro benzene ring substituents is 2. The van der Waals surface area contributed by atoms with Gasteiger partial charge in [-0.1, -0.05) is 84.9 Å². The maximum atomic E-state index is 14.0. The Bertz CT molecular complexity index is 2320. The van der Waals surface area contributed by atoms with E-state index in [0.29, 0.717) is 33.2 Å². The molecule has 0 radical (unpaired) electrons. The summed E-state index contributed by atoms with van der Waals surface area (Å²) in [6.07, 6.45) is 0. The molecule has 5 aromatic carbocycles. The van der Waals surface area contributed by atoms with Gasteiger partial charge in [-0.05, 0) is 36.4 Å². The van der Waals surface area contributed by atoms with Crippen molar-refractivity contribution in [3.63, 3.8) is 0 Å². The highest BCUT2D eigenvalue weighted by Gasteiger charge is 2.23. The number of fused-ring (bicyclic) bond motifs is 2. The van der Waals surface area contributed by atoms with Crippen molar-refractivity contribution in [2.45, 2.75) is 0 Å². The molecule has 0 saturated carbocycles. The molecule has 0 aliphatic heterocycles. The number of pyridine rings is 2. The predicted molar refractivity (Wildman–Crippen MR) is 190 cm³/mol. The van der Waals surface area contributed by atoms with Gasteiger partial charge in [0, 0.05) is 34.0 Å². The van der Waals surface area contributed by atoms with Gasteiger partial charge in [0.05, 0.1) is 43.4 Å². The average molecular weight is 661 g/mol. The third-order valence-electron chi connectivity index (χ3n) is 8.06. The van der Waals surface area contributed by atoms with Crippen LogP contribution in [0, 0.1) is 20.2 Å². The van der Waals surface area contributed by atoms with Crippen molar-refractivity contribution >= 4 is 56.4 Å². The van der Waals surface area contributed by atoms with Crippen LogP contribution >= 0.6 is 0 Å². The number of hydrogen-bond donors (Lipinski definition) is 2. The SMILES string of the molecule is O=C(Nc1ccccc1[N+](=O)[O-])c1cc(-c2ccccc2)nc2cc3nc(-c4ccccc4)cc(C(=O)Nc4ccccc4[N+](=O)[O-])c3cc12. The summed E-state index contributed by atoms with van der Waals surface area (Å²) in [6.45, 7) is 0. The minimum absolute atomic E-state index is 0.00760. The lowest BCUT2D eigenvalue weighted by molar-refractivity contribution is -0.384. The lowest BCUT2D eigenvalue weighted by Crippen LogP contribution is -2.15. The summed E-state index contributed by atoms with van der Waals surface area (Å²) < 4.78 is 0. The molecular weight excluding hydrogens is 636 g/mol. The lowest BCUT2D eigenvalue weighted by Gasteiger charge is -2.14. The third kappa shape index (κ3) is 6.07. The second-order valence-electron chi connectivity index (χ2n) is 11.2. The van der Waals surface area contributed by atoms with E-state index >= 15 is 0 Å². The Hall–Kier alpha value is -7.34. The van der Waals surface area contributed by atoms with Crippen molar-refractivity contribution in [1.82, 2.24) is 9.97 Å². The van der Waals surface area contributed by atoms with E-state index in [2.05, 4.69) is 10.6 Å². The smallest absolute Gasteiger partial charge is 0.292 e. The largest absolute Gasteiger partial charge is 0.316 e. The second kappa shape index (κ2) is 13.0. The average Bonchev–Trinajstić information content (AvgIpc) is 3.14. The van der Waals surface area contributed by atoms with Crippen LogP contribution in [0.25, 0.3) is 44.3 Å². The van der Waals surface area contributed by atoms with Crippen LogP contribution in [0.3, 0.4) is 0 Å². The number of aromatic nitrogens is 2. The molecule has 0 fully saturated rings. The lowest BCUT2D eigenvalue weighted by atomic mass is 9.98. The van der Waals surface area contributed by atoms with E-state index in [9.17, 15) is 29.8 Å². The summed E-state index contributed by atoms with van der Waals surface area (Å²) in [5.41, 5.74) is 2.91. The quantitative estimate of drug-likeness (QED) is 0.0929. The molecule has 50 heavy (non-hydrogen) atoms.